The Morgan fingerprint density at radius 2 is 2.08 bits per heavy atom. The first-order valence-corrected chi connectivity index (χ1v) is 5.19. The molecule has 1 aliphatic rings. The number of nitrogens with one attached hydrogen (secondary N) is 1. The van der Waals surface area contributed by atoms with E-state index in [0.29, 0.717) is 6.42 Å². The quantitative estimate of drug-likeness (QED) is 0.376. The lowest BCUT2D eigenvalue weighted by molar-refractivity contribution is 0.100. The number of hydrogen-bond acceptors (Lipinski definition) is 2. The number of amidine groups is 1. The molecule has 3 heteroatoms. The summed E-state index contributed by atoms with van der Waals surface area (Å²) in [6, 6.07) is 0. The molecule has 1 fully saturated rings. The molecule has 0 aromatic heterocycles. The monoisotopic (exact) mass is 184 g/mol. The fourth-order valence-corrected chi connectivity index (χ4v) is 1.79. The predicted octanol–water partition coefficient (Wildman–Crippen LogP) is 1.91. The van der Waals surface area contributed by atoms with Gasteiger partial charge in [-0.1, -0.05) is 12.8 Å². The molecule has 0 bridgehead atoms. The summed E-state index contributed by atoms with van der Waals surface area (Å²) in [6.45, 7) is 1.67. The van der Waals surface area contributed by atoms with Gasteiger partial charge in [0.05, 0.1) is 5.84 Å². The zero-order chi connectivity index (χ0) is 9.52. The highest BCUT2D eigenvalue weighted by atomic mass is 16.5. The highest BCUT2D eigenvalue weighted by Gasteiger charge is 2.14. The summed E-state index contributed by atoms with van der Waals surface area (Å²) in [5, 5.41) is 7.02. The lowest BCUT2D eigenvalue weighted by atomic mass is 10.1. The normalized spacial score (nSPS) is 17.8. The highest BCUT2D eigenvalue weighted by molar-refractivity contribution is 5.76. The van der Waals surface area contributed by atoms with Crippen LogP contribution in [0.15, 0.2) is 0 Å². The molecule has 1 saturated carbocycles. The minimum atomic E-state index is 0.268. The van der Waals surface area contributed by atoms with Crippen molar-refractivity contribution in [1.82, 2.24) is 0 Å². The van der Waals surface area contributed by atoms with Crippen molar-refractivity contribution < 1.29 is 4.74 Å². The lowest BCUT2D eigenvalue weighted by Gasteiger charge is -2.09. The second-order valence-corrected chi connectivity index (χ2v) is 3.85. The van der Waals surface area contributed by atoms with Gasteiger partial charge in [0.2, 0.25) is 0 Å². The third kappa shape index (κ3) is 4.88. The van der Waals surface area contributed by atoms with Gasteiger partial charge in [-0.25, -0.2) is 0 Å². The highest BCUT2D eigenvalue weighted by Crippen LogP contribution is 2.24. The van der Waals surface area contributed by atoms with Crippen LogP contribution >= 0.6 is 0 Å². The number of nitrogens with two attached hydrogens (primary N) is 1. The molecule has 1 aliphatic carbocycles. The maximum Gasteiger partial charge on any atom is 0.0906 e. The van der Waals surface area contributed by atoms with E-state index >= 15 is 0 Å². The Hall–Kier alpha value is -0.570. The Labute approximate surface area is 80.2 Å². The first kappa shape index (κ1) is 10.5. The van der Waals surface area contributed by atoms with Gasteiger partial charge in [-0.05, 0) is 25.2 Å². The third-order valence-electron chi connectivity index (χ3n) is 2.56. The van der Waals surface area contributed by atoms with E-state index in [1.54, 1.807) is 0 Å². The molecule has 0 heterocycles. The average molecular weight is 184 g/mol. The van der Waals surface area contributed by atoms with Gasteiger partial charge in [0.15, 0.2) is 0 Å². The van der Waals surface area contributed by atoms with Crippen LogP contribution in [0.5, 0.6) is 0 Å². The van der Waals surface area contributed by atoms with E-state index in [0.717, 1.165) is 25.6 Å². The third-order valence-corrected chi connectivity index (χ3v) is 2.56. The minimum absolute atomic E-state index is 0.268. The van der Waals surface area contributed by atoms with Gasteiger partial charge in [-0.3, -0.25) is 5.41 Å². The second kappa shape index (κ2) is 5.97. The maximum atomic E-state index is 7.02. The lowest BCUT2D eigenvalue weighted by Crippen LogP contribution is -2.11. The van der Waals surface area contributed by atoms with Crippen LogP contribution in [-0.4, -0.2) is 19.0 Å². The molecule has 0 unspecified atom stereocenters. The number of rotatable bonds is 6. The van der Waals surface area contributed by atoms with Gasteiger partial charge in [0.25, 0.3) is 0 Å². The summed E-state index contributed by atoms with van der Waals surface area (Å²) in [5.41, 5.74) is 5.22. The molecule has 1 rings (SSSR count). The molecule has 0 amide bonds. The van der Waals surface area contributed by atoms with Crippen molar-refractivity contribution in [2.45, 2.75) is 38.5 Å². The summed E-state index contributed by atoms with van der Waals surface area (Å²) in [7, 11) is 0. The van der Waals surface area contributed by atoms with E-state index in [9.17, 15) is 0 Å². The summed E-state index contributed by atoms with van der Waals surface area (Å²) < 4.78 is 5.52. The Kier molecular flexibility index (Phi) is 4.83. The fourth-order valence-electron chi connectivity index (χ4n) is 1.79. The molecule has 0 saturated heterocycles. The van der Waals surface area contributed by atoms with E-state index < -0.39 is 0 Å². The van der Waals surface area contributed by atoms with Crippen LogP contribution < -0.4 is 5.73 Å². The summed E-state index contributed by atoms with van der Waals surface area (Å²) >= 11 is 0. The smallest absolute Gasteiger partial charge is 0.0906 e. The molecule has 0 aromatic carbocycles. The summed E-state index contributed by atoms with van der Waals surface area (Å²) in [5.74, 6) is 1.07. The molecule has 76 valence electrons. The van der Waals surface area contributed by atoms with Gasteiger partial charge in [0.1, 0.15) is 0 Å². The molecule has 13 heavy (non-hydrogen) atoms. The zero-order valence-corrected chi connectivity index (χ0v) is 8.22. The molecule has 0 aliphatic heterocycles. The van der Waals surface area contributed by atoms with Crippen molar-refractivity contribution >= 4 is 5.84 Å². The molecule has 3 nitrogen and oxygen atoms in total. The SMILES string of the molecule is N=C(N)CCCOCC1CCCC1. The number of ether oxygens (including phenoxy) is 1. The van der Waals surface area contributed by atoms with E-state index in [4.69, 9.17) is 15.9 Å². The van der Waals surface area contributed by atoms with Gasteiger partial charge >= 0.3 is 0 Å². The summed E-state index contributed by atoms with van der Waals surface area (Å²) in [4.78, 5) is 0. The van der Waals surface area contributed by atoms with E-state index in [-0.39, 0.29) is 5.84 Å². The van der Waals surface area contributed by atoms with Crippen molar-refractivity contribution in [2.24, 2.45) is 11.7 Å². The van der Waals surface area contributed by atoms with Gasteiger partial charge in [-0.15, -0.1) is 0 Å². The first-order chi connectivity index (χ1) is 6.29. The molecular formula is C10H20N2O. The molecule has 0 aromatic rings. The van der Waals surface area contributed by atoms with Crippen molar-refractivity contribution in [2.75, 3.05) is 13.2 Å². The van der Waals surface area contributed by atoms with Crippen LogP contribution in [0, 0.1) is 11.3 Å². The van der Waals surface area contributed by atoms with Crippen LogP contribution in [0.1, 0.15) is 38.5 Å². The first-order valence-electron chi connectivity index (χ1n) is 5.19. The van der Waals surface area contributed by atoms with E-state index in [1.165, 1.54) is 25.7 Å². The molecular weight excluding hydrogens is 164 g/mol. The summed E-state index contributed by atoms with van der Waals surface area (Å²) in [6.07, 6.45) is 7.00. The maximum absolute atomic E-state index is 7.02. The fraction of sp³-hybridized carbons (Fsp3) is 0.900. The molecule has 0 radical (unpaired) electrons. The Balaban J connectivity index is 1.86. The van der Waals surface area contributed by atoms with Crippen molar-refractivity contribution in [3.8, 4) is 0 Å². The second-order valence-electron chi connectivity index (χ2n) is 3.85. The van der Waals surface area contributed by atoms with Crippen LogP contribution in [0.25, 0.3) is 0 Å². The van der Waals surface area contributed by atoms with E-state index in [2.05, 4.69) is 0 Å². The molecule has 0 atom stereocenters. The largest absolute Gasteiger partial charge is 0.388 e. The van der Waals surface area contributed by atoms with Gasteiger partial charge < -0.3 is 10.5 Å². The number of hydrogen-bond donors (Lipinski definition) is 2. The predicted molar refractivity (Wildman–Crippen MR) is 53.9 cm³/mol. The van der Waals surface area contributed by atoms with E-state index in [1.807, 2.05) is 0 Å². The van der Waals surface area contributed by atoms with Crippen molar-refractivity contribution in [3.63, 3.8) is 0 Å². The Morgan fingerprint density at radius 3 is 2.69 bits per heavy atom. The zero-order valence-electron chi connectivity index (χ0n) is 8.22. The van der Waals surface area contributed by atoms with Gasteiger partial charge in [-0.2, -0.15) is 0 Å². The topological polar surface area (TPSA) is 59.1 Å². The Morgan fingerprint density at radius 1 is 1.38 bits per heavy atom. The van der Waals surface area contributed by atoms with Crippen LogP contribution in [0.3, 0.4) is 0 Å². The van der Waals surface area contributed by atoms with Crippen molar-refractivity contribution in [3.05, 3.63) is 0 Å². The standard InChI is InChI=1S/C10H20N2O/c11-10(12)6-3-7-13-8-9-4-1-2-5-9/h9H,1-8H2,(H3,11,12). The van der Waals surface area contributed by atoms with Crippen LogP contribution in [-0.2, 0) is 4.74 Å². The van der Waals surface area contributed by atoms with Crippen LogP contribution in [0.2, 0.25) is 0 Å². The van der Waals surface area contributed by atoms with Crippen LogP contribution in [0.4, 0.5) is 0 Å². The average Bonchev–Trinajstić information content (AvgIpc) is 2.55. The van der Waals surface area contributed by atoms with Crippen molar-refractivity contribution in [1.29, 1.82) is 5.41 Å². The minimum Gasteiger partial charge on any atom is -0.388 e. The molecule has 3 N–H and O–H groups in total. The molecule has 0 spiro atoms. The Bertz CT molecular complexity index is 153. The van der Waals surface area contributed by atoms with Gasteiger partial charge in [0, 0.05) is 19.6 Å².